The molecule has 0 radical (unpaired) electrons. The first kappa shape index (κ1) is 25.4. The van der Waals surface area contributed by atoms with Crippen molar-refractivity contribution in [1.82, 2.24) is 4.90 Å². The lowest BCUT2D eigenvalue weighted by Crippen LogP contribution is -2.51. The molecule has 2 atom stereocenters. The molecule has 0 heterocycles. The van der Waals surface area contributed by atoms with Crippen LogP contribution in [-0.4, -0.2) is 42.6 Å². The number of hydrogen-bond donors (Lipinski definition) is 1. The summed E-state index contributed by atoms with van der Waals surface area (Å²) >= 11 is 0. The Morgan fingerprint density at radius 3 is 1.77 bits per heavy atom. The molecule has 0 fully saturated rings. The molecule has 0 aliphatic carbocycles. The molecule has 26 heavy (non-hydrogen) atoms. The fraction of sp³-hybridized carbons (Fsp3) is 0.955. The fourth-order valence-electron chi connectivity index (χ4n) is 3.52. The normalized spacial score (nSPS) is 14.6. The lowest BCUT2D eigenvalue weighted by atomic mass is 9.92. The predicted octanol–water partition coefficient (Wildman–Crippen LogP) is 5.00. The summed E-state index contributed by atoms with van der Waals surface area (Å²) in [6.45, 7) is 16.4. The minimum absolute atomic E-state index is 0.0113. The summed E-state index contributed by atoms with van der Waals surface area (Å²) in [5, 5.41) is 0. The average Bonchev–Trinajstić information content (AvgIpc) is 2.59. The SMILES string of the molecule is CCCCC(CC)CN(CC(CC)CCCC)C(C)(C)COCC(N)=O. The van der Waals surface area contributed by atoms with Gasteiger partial charge >= 0.3 is 0 Å². The summed E-state index contributed by atoms with van der Waals surface area (Å²) in [5.41, 5.74) is 5.15. The Bertz CT molecular complexity index is 340. The molecule has 4 nitrogen and oxygen atoms in total. The smallest absolute Gasteiger partial charge is 0.243 e. The van der Waals surface area contributed by atoms with Crippen LogP contribution in [0.1, 0.15) is 92.9 Å². The average molecular weight is 371 g/mol. The Labute approximate surface area is 163 Å². The molecule has 0 bridgehead atoms. The van der Waals surface area contributed by atoms with E-state index in [4.69, 9.17) is 10.5 Å². The zero-order chi connectivity index (χ0) is 20.0. The molecular weight excluding hydrogens is 324 g/mol. The molecule has 2 N–H and O–H groups in total. The van der Waals surface area contributed by atoms with Crippen molar-refractivity contribution in [3.8, 4) is 0 Å². The van der Waals surface area contributed by atoms with E-state index >= 15 is 0 Å². The number of unbranched alkanes of at least 4 members (excludes halogenated alkanes) is 2. The molecule has 0 aromatic carbocycles. The van der Waals surface area contributed by atoms with Gasteiger partial charge in [0.15, 0.2) is 0 Å². The van der Waals surface area contributed by atoms with E-state index in [0.29, 0.717) is 6.61 Å². The van der Waals surface area contributed by atoms with Crippen LogP contribution in [0.15, 0.2) is 0 Å². The van der Waals surface area contributed by atoms with Gasteiger partial charge in [-0.15, -0.1) is 0 Å². The minimum Gasteiger partial charge on any atom is -0.370 e. The van der Waals surface area contributed by atoms with Gasteiger partial charge in [0.05, 0.1) is 6.61 Å². The van der Waals surface area contributed by atoms with Crippen LogP contribution in [0.2, 0.25) is 0 Å². The van der Waals surface area contributed by atoms with Gasteiger partial charge in [-0.05, 0) is 38.5 Å². The summed E-state index contributed by atoms with van der Waals surface area (Å²) in [4.78, 5) is 13.6. The Balaban J connectivity index is 5.05. The summed E-state index contributed by atoms with van der Waals surface area (Å²) < 4.78 is 5.62. The highest BCUT2D eigenvalue weighted by atomic mass is 16.5. The maximum atomic E-state index is 11.0. The number of amides is 1. The summed E-state index contributed by atoms with van der Waals surface area (Å²) in [5.74, 6) is 1.07. The summed E-state index contributed by atoms with van der Waals surface area (Å²) in [6.07, 6.45) is 10.2. The molecule has 0 aliphatic heterocycles. The zero-order valence-electron chi connectivity index (χ0n) is 18.5. The quantitative estimate of drug-likeness (QED) is 0.392. The van der Waals surface area contributed by atoms with Gasteiger partial charge in [0.1, 0.15) is 6.61 Å². The number of primary amides is 1. The van der Waals surface area contributed by atoms with E-state index in [2.05, 4.69) is 46.4 Å². The summed E-state index contributed by atoms with van der Waals surface area (Å²) in [6, 6.07) is 0. The predicted molar refractivity (Wildman–Crippen MR) is 112 cm³/mol. The third-order valence-electron chi connectivity index (χ3n) is 5.60. The maximum Gasteiger partial charge on any atom is 0.243 e. The second-order valence-corrected chi connectivity index (χ2v) is 8.51. The van der Waals surface area contributed by atoms with Gasteiger partial charge in [0.2, 0.25) is 5.91 Å². The molecule has 0 aromatic heterocycles. The lowest BCUT2D eigenvalue weighted by molar-refractivity contribution is -0.124. The number of nitrogens with zero attached hydrogens (tertiary/aromatic N) is 1. The number of carbonyl (C=O) groups excluding carboxylic acids is 1. The standard InChI is InChI=1S/C22H46N2O2/c1-7-11-13-19(9-3)15-24(16-20(10-4)14-12-8-2)22(5,6)18-26-17-21(23)25/h19-20H,7-18H2,1-6H3,(H2,23,25). The fourth-order valence-corrected chi connectivity index (χ4v) is 3.52. The zero-order valence-corrected chi connectivity index (χ0v) is 18.5. The molecule has 2 unspecified atom stereocenters. The molecule has 156 valence electrons. The first-order valence-corrected chi connectivity index (χ1v) is 10.9. The Kier molecular flexibility index (Phi) is 14.1. The van der Waals surface area contributed by atoms with Crippen molar-refractivity contribution in [3.63, 3.8) is 0 Å². The lowest BCUT2D eigenvalue weighted by Gasteiger charge is -2.42. The number of nitrogens with two attached hydrogens (primary N) is 1. The number of hydrogen-bond acceptors (Lipinski definition) is 3. The van der Waals surface area contributed by atoms with Gasteiger partial charge in [-0.2, -0.15) is 0 Å². The van der Waals surface area contributed by atoms with E-state index in [9.17, 15) is 4.79 Å². The van der Waals surface area contributed by atoms with Crippen LogP contribution in [0, 0.1) is 11.8 Å². The van der Waals surface area contributed by atoms with Crippen molar-refractivity contribution in [3.05, 3.63) is 0 Å². The molecule has 0 saturated carbocycles. The molecule has 4 heteroatoms. The van der Waals surface area contributed by atoms with Crippen molar-refractivity contribution in [1.29, 1.82) is 0 Å². The van der Waals surface area contributed by atoms with E-state index in [0.717, 1.165) is 24.9 Å². The monoisotopic (exact) mass is 370 g/mol. The van der Waals surface area contributed by atoms with Crippen molar-refractivity contribution in [2.75, 3.05) is 26.3 Å². The topological polar surface area (TPSA) is 55.6 Å². The van der Waals surface area contributed by atoms with Crippen LogP contribution < -0.4 is 5.73 Å². The van der Waals surface area contributed by atoms with Crippen molar-refractivity contribution in [2.24, 2.45) is 17.6 Å². The van der Waals surface area contributed by atoms with Crippen LogP contribution in [0.5, 0.6) is 0 Å². The van der Waals surface area contributed by atoms with Gasteiger partial charge in [0, 0.05) is 18.6 Å². The van der Waals surface area contributed by atoms with Gasteiger partial charge in [0.25, 0.3) is 0 Å². The molecule has 0 spiro atoms. The van der Waals surface area contributed by atoms with Gasteiger partial charge < -0.3 is 10.5 Å². The number of carbonyl (C=O) groups is 1. The Hall–Kier alpha value is -0.610. The largest absolute Gasteiger partial charge is 0.370 e. The van der Waals surface area contributed by atoms with E-state index in [-0.39, 0.29) is 12.1 Å². The van der Waals surface area contributed by atoms with Crippen LogP contribution in [0.3, 0.4) is 0 Å². The minimum atomic E-state index is -0.392. The van der Waals surface area contributed by atoms with Gasteiger partial charge in [-0.25, -0.2) is 0 Å². The highest BCUT2D eigenvalue weighted by molar-refractivity contribution is 5.74. The van der Waals surface area contributed by atoms with Crippen LogP contribution in [-0.2, 0) is 9.53 Å². The first-order valence-electron chi connectivity index (χ1n) is 10.9. The van der Waals surface area contributed by atoms with Crippen molar-refractivity contribution >= 4 is 5.91 Å². The third-order valence-corrected chi connectivity index (χ3v) is 5.60. The third kappa shape index (κ3) is 11.2. The molecule has 1 amide bonds. The molecule has 0 rings (SSSR count). The van der Waals surface area contributed by atoms with Crippen LogP contribution in [0.4, 0.5) is 0 Å². The van der Waals surface area contributed by atoms with E-state index in [1.165, 1.54) is 51.4 Å². The Morgan fingerprint density at radius 1 is 0.962 bits per heavy atom. The molecular formula is C22H46N2O2. The van der Waals surface area contributed by atoms with E-state index < -0.39 is 5.91 Å². The first-order chi connectivity index (χ1) is 12.3. The van der Waals surface area contributed by atoms with E-state index in [1.807, 2.05) is 0 Å². The van der Waals surface area contributed by atoms with Crippen molar-refractivity contribution in [2.45, 2.75) is 98.4 Å². The Morgan fingerprint density at radius 2 is 1.42 bits per heavy atom. The van der Waals surface area contributed by atoms with E-state index in [1.54, 1.807) is 0 Å². The highest BCUT2D eigenvalue weighted by Gasteiger charge is 2.30. The highest BCUT2D eigenvalue weighted by Crippen LogP contribution is 2.25. The van der Waals surface area contributed by atoms with Gasteiger partial charge in [-0.1, -0.05) is 66.2 Å². The maximum absolute atomic E-state index is 11.0. The van der Waals surface area contributed by atoms with Crippen LogP contribution in [0.25, 0.3) is 0 Å². The number of ether oxygens (including phenoxy) is 1. The second kappa shape index (κ2) is 14.4. The molecule has 0 aromatic rings. The summed E-state index contributed by atoms with van der Waals surface area (Å²) in [7, 11) is 0. The number of rotatable bonds is 17. The van der Waals surface area contributed by atoms with Gasteiger partial charge in [-0.3, -0.25) is 9.69 Å². The molecule has 0 aliphatic rings. The second-order valence-electron chi connectivity index (χ2n) is 8.51. The molecule has 0 saturated heterocycles. The van der Waals surface area contributed by atoms with Crippen LogP contribution >= 0.6 is 0 Å². The van der Waals surface area contributed by atoms with Crippen molar-refractivity contribution < 1.29 is 9.53 Å².